The normalized spacial score (nSPS) is 33.5. The molecule has 1 saturated carbocycles. The highest BCUT2D eigenvalue weighted by Crippen LogP contribution is 2.34. The number of cyclic esters (lactones) is 1. The van der Waals surface area contributed by atoms with Gasteiger partial charge >= 0.3 is 5.97 Å². The van der Waals surface area contributed by atoms with Gasteiger partial charge in [0.1, 0.15) is 11.5 Å². The molecule has 1 heterocycles. The first-order valence-electron chi connectivity index (χ1n) is 4.58. The van der Waals surface area contributed by atoms with Gasteiger partial charge < -0.3 is 4.74 Å². The molecule has 3 heteroatoms. The number of esters is 1. The summed E-state index contributed by atoms with van der Waals surface area (Å²) in [5.41, 5.74) is 0. The van der Waals surface area contributed by atoms with Crippen molar-refractivity contribution in [3.05, 3.63) is 11.8 Å². The van der Waals surface area contributed by atoms with Crippen LogP contribution in [0.2, 0.25) is 0 Å². The van der Waals surface area contributed by atoms with E-state index in [0.29, 0.717) is 18.6 Å². The van der Waals surface area contributed by atoms with Crippen LogP contribution in [0.1, 0.15) is 26.2 Å². The van der Waals surface area contributed by atoms with E-state index in [1.54, 1.807) is 6.92 Å². The molecule has 0 N–H and O–H groups in total. The van der Waals surface area contributed by atoms with Crippen molar-refractivity contribution in [3.8, 4) is 0 Å². The number of hydrogen-bond acceptors (Lipinski definition) is 3. The van der Waals surface area contributed by atoms with Gasteiger partial charge in [0.05, 0.1) is 5.92 Å². The summed E-state index contributed by atoms with van der Waals surface area (Å²) >= 11 is 0. The van der Waals surface area contributed by atoms with Gasteiger partial charge in [-0.05, 0) is 25.3 Å². The van der Waals surface area contributed by atoms with E-state index in [0.717, 1.165) is 6.42 Å². The summed E-state index contributed by atoms with van der Waals surface area (Å²) in [6, 6.07) is 0. The fourth-order valence-electron chi connectivity index (χ4n) is 2.06. The molecule has 0 aromatic heterocycles. The molecule has 2 atom stereocenters. The molecule has 0 spiro atoms. The standard InChI is InChI=1S/C10H12O3/c1-6-4-7-2-3-8(11)5-9(7)10(12)13-6/h4,7,9H,2-3,5H2,1H3/t7-,9+/m0/s1. The zero-order chi connectivity index (χ0) is 9.42. The molecule has 1 aliphatic heterocycles. The lowest BCUT2D eigenvalue weighted by molar-refractivity contribution is -0.150. The number of carbonyl (C=O) groups excluding carboxylic acids is 2. The largest absolute Gasteiger partial charge is 0.431 e. The van der Waals surface area contributed by atoms with E-state index in [2.05, 4.69) is 0 Å². The van der Waals surface area contributed by atoms with Crippen molar-refractivity contribution in [2.45, 2.75) is 26.2 Å². The van der Waals surface area contributed by atoms with Crippen LogP contribution in [-0.4, -0.2) is 11.8 Å². The summed E-state index contributed by atoms with van der Waals surface area (Å²) in [5.74, 6) is 0.675. The smallest absolute Gasteiger partial charge is 0.315 e. The number of ketones is 1. The zero-order valence-electron chi connectivity index (χ0n) is 7.58. The number of Topliss-reactive ketones (excluding diaryl/α,β-unsaturated/α-hetero) is 1. The Bertz CT molecular complexity index is 291. The summed E-state index contributed by atoms with van der Waals surface area (Å²) in [7, 11) is 0. The minimum Gasteiger partial charge on any atom is -0.431 e. The van der Waals surface area contributed by atoms with Crippen molar-refractivity contribution < 1.29 is 14.3 Å². The third kappa shape index (κ3) is 1.50. The second kappa shape index (κ2) is 2.98. The van der Waals surface area contributed by atoms with Crippen LogP contribution in [0.25, 0.3) is 0 Å². The number of hydrogen-bond donors (Lipinski definition) is 0. The Morgan fingerprint density at radius 3 is 3.00 bits per heavy atom. The van der Waals surface area contributed by atoms with Gasteiger partial charge in [-0.25, -0.2) is 0 Å². The van der Waals surface area contributed by atoms with Gasteiger partial charge in [0.25, 0.3) is 0 Å². The second-order valence-corrected chi connectivity index (χ2v) is 3.75. The topological polar surface area (TPSA) is 43.4 Å². The monoisotopic (exact) mass is 180 g/mol. The summed E-state index contributed by atoms with van der Waals surface area (Å²) in [6.07, 6.45) is 3.75. The van der Waals surface area contributed by atoms with Gasteiger partial charge in [0, 0.05) is 12.8 Å². The number of rotatable bonds is 0. The van der Waals surface area contributed by atoms with Crippen LogP contribution < -0.4 is 0 Å². The quantitative estimate of drug-likeness (QED) is 0.530. The molecule has 1 aliphatic carbocycles. The molecule has 0 amide bonds. The minimum atomic E-state index is -0.224. The molecule has 0 aromatic carbocycles. The van der Waals surface area contributed by atoms with Crippen molar-refractivity contribution >= 4 is 11.8 Å². The fourth-order valence-corrected chi connectivity index (χ4v) is 2.06. The van der Waals surface area contributed by atoms with Crippen molar-refractivity contribution in [1.29, 1.82) is 0 Å². The van der Waals surface area contributed by atoms with Crippen molar-refractivity contribution in [2.24, 2.45) is 11.8 Å². The lowest BCUT2D eigenvalue weighted by Gasteiger charge is -2.30. The van der Waals surface area contributed by atoms with Crippen LogP contribution in [0.15, 0.2) is 11.8 Å². The predicted octanol–water partition coefficient (Wildman–Crippen LogP) is 1.43. The third-order valence-corrected chi connectivity index (χ3v) is 2.73. The first kappa shape index (κ1) is 8.48. The lowest BCUT2D eigenvalue weighted by atomic mass is 9.77. The van der Waals surface area contributed by atoms with Crippen LogP contribution in [0.4, 0.5) is 0 Å². The van der Waals surface area contributed by atoms with Crippen LogP contribution in [-0.2, 0) is 14.3 Å². The van der Waals surface area contributed by atoms with E-state index in [9.17, 15) is 9.59 Å². The number of ether oxygens (including phenoxy) is 1. The molecule has 3 nitrogen and oxygen atoms in total. The Morgan fingerprint density at radius 1 is 1.46 bits per heavy atom. The van der Waals surface area contributed by atoms with Crippen LogP contribution in [0.3, 0.4) is 0 Å². The van der Waals surface area contributed by atoms with Crippen LogP contribution in [0.5, 0.6) is 0 Å². The first-order valence-corrected chi connectivity index (χ1v) is 4.58. The maximum absolute atomic E-state index is 11.4. The highest BCUT2D eigenvalue weighted by Gasteiger charge is 2.37. The second-order valence-electron chi connectivity index (χ2n) is 3.75. The summed E-state index contributed by atoms with van der Waals surface area (Å²) in [5, 5.41) is 0. The predicted molar refractivity (Wildman–Crippen MR) is 45.7 cm³/mol. The summed E-state index contributed by atoms with van der Waals surface area (Å²) < 4.78 is 4.97. The highest BCUT2D eigenvalue weighted by atomic mass is 16.5. The minimum absolute atomic E-state index is 0.186. The van der Waals surface area contributed by atoms with Gasteiger partial charge in [0.2, 0.25) is 0 Å². The first-order chi connectivity index (χ1) is 6.16. The van der Waals surface area contributed by atoms with Gasteiger partial charge in [0.15, 0.2) is 0 Å². The van der Waals surface area contributed by atoms with Gasteiger partial charge in [-0.15, -0.1) is 0 Å². The zero-order valence-corrected chi connectivity index (χ0v) is 7.58. The molecule has 0 unspecified atom stereocenters. The molecule has 0 radical (unpaired) electrons. The Hall–Kier alpha value is -1.12. The fraction of sp³-hybridized carbons (Fsp3) is 0.600. The molecule has 2 aliphatic rings. The average molecular weight is 180 g/mol. The molecule has 2 rings (SSSR count). The number of allylic oxidation sites excluding steroid dienone is 2. The molecule has 0 saturated heterocycles. The summed E-state index contributed by atoms with van der Waals surface area (Å²) in [6.45, 7) is 1.78. The van der Waals surface area contributed by atoms with Gasteiger partial charge in [-0.2, -0.15) is 0 Å². The van der Waals surface area contributed by atoms with Crippen molar-refractivity contribution in [3.63, 3.8) is 0 Å². The van der Waals surface area contributed by atoms with E-state index < -0.39 is 0 Å². The van der Waals surface area contributed by atoms with Gasteiger partial charge in [-0.3, -0.25) is 9.59 Å². The van der Waals surface area contributed by atoms with Crippen LogP contribution >= 0.6 is 0 Å². The van der Waals surface area contributed by atoms with E-state index in [1.165, 1.54) is 0 Å². The van der Waals surface area contributed by atoms with E-state index >= 15 is 0 Å². The van der Waals surface area contributed by atoms with Crippen LogP contribution in [0, 0.1) is 11.8 Å². The maximum Gasteiger partial charge on any atom is 0.315 e. The molecular formula is C10H12O3. The van der Waals surface area contributed by atoms with Gasteiger partial charge in [-0.1, -0.05) is 0 Å². The molecular weight excluding hydrogens is 168 g/mol. The van der Waals surface area contributed by atoms with Crippen molar-refractivity contribution in [2.75, 3.05) is 0 Å². The molecule has 0 bridgehead atoms. The average Bonchev–Trinajstić information content (AvgIpc) is 2.06. The van der Waals surface area contributed by atoms with Crippen molar-refractivity contribution in [1.82, 2.24) is 0 Å². The SMILES string of the molecule is CC1=C[C@@H]2CCC(=O)C[C@H]2C(=O)O1. The Morgan fingerprint density at radius 2 is 2.23 bits per heavy atom. The number of fused-ring (bicyclic) bond motifs is 1. The third-order valence-electron chi connectivity index (χ3n) is 2.73. The van der Waals surface area contributed by atoms with E-state index in [1.807, 2.05) is 6.08 Å². The molecule has 70 valence electrons. The molecule has 1 fully saturated rings. The molecule has 0 aromatic rings. The Balaban J connectivity index is 2.22. The highest BCUT2D eigenvalue weighted by molar-refractivity contribution is 5.87. The summed E-state index contributed by atoms with van der Waals surface area (Å²) in [4.78, 5) is 22.5. The maximum atomic E-state index is 11.4. The molecule has 13 heavy (non-hydrogen) atoms. The Kier molecular flexibility index (Phi) is 1.94. The Labute approximate surface area is 76.8 Å². The number of carbonyl (C=O) groups is 2. The van der Waals surface area contributed by atoms with E-state index in [-0.39, 0.29) is 23.6 Å². The van der Waals surface area contributed by atoms with E-state index in [4.69, 9.17) is 4.74 Å². The lowest BCUT2D eigenvalue weighted by Crippen LogP contribution is -2.34.